The van der Waals surface area contributed by atoms with Crippen LogP contribution in [0.15, 0.2) is 30.3 Å². The lowest BCUT2D eigenvalue weighted by atomic mass is 10.1. The van der Waals surface area contributed by atoms with Crippen molar-refractivity contribution in [1.29, 1.82) is 0 Å². The molecule has 0 saturated carbocycles. The highest BCUT2D eigenvalue weighted by molar-refractivity contribution is 5.96. The van der Waals surface area contributed by atoms with Gasteiger partial charge in [0.25, 0.3) is 0 Å². The molecular weight excluding hydrogens is 236 g/mol. The van der Waals surface area contributed by atoms with Crippen molar-refractivity contribution in [2.75, 3.05) is 7.05 Å². The third-order valence-electron chi connectivity index (χ3n) is 3.44. The fraction of sp³-hybridized carbons (Fsp3) is 0.267. The maximum atomic E-state index is 4.54. The van der Waals surface area contributed by atoms with Crippen LogP contribution in [0.1, 0.15) is 11.4 Å². The minimum atomic E-state index is 0.787. The quantitative estimate of drug-likeness (QED) is 0.754. The number of benzene rings is 1. The molecular formula is C15H18N4. The molecule has 0 aliphatic carbocycles. The van der Waals surface area contributed by atoms with Crippen molar-refractivity contribution < 1.29 is 0 Å². The topological polar surface area (TPSA) is 45.6 Å². The summed E-state index contributed by atoms with van der Waals surface area (Å²) in [6.07, 6.45) is 0. The Balaban J connectivity index is 2.21. The molecule has 2 heterocycles. The zero-order valence-corrected chi connectivity index (χ0v) is 11.5. The fourth-order valence-corrected chi connectivity index (χ4v) is 2.63. The zero-order valence-electron chi connectivity index (χ0n) is 11.5. The van der Waals surface area contributed by atoms with E-state index in [2.05, 4.69) is 52.7 Å². The Morgan fingerprint density at radius 2 is 2.11 bits per heavy atom. The van der Waals surface area contributed by atoms with E-state index in [4.69, 9.17) is 0 Å². The first-order chi connectivity index (χ1) is 9.20. The number of hydrogen-bond donors (Lipinski definition) is 2. The van der Waals surface area contributed by atoms with E-state index in [0.29, 0.717) is 0 Å². The van der Waals surface area contributed by atoms with Gasteiger partial charge in [0.2, 0.25) is 0 Å². The van der Waals surface area contributed by atoms with Gasteiger partial charge in [-0.25, -0.2) is 0 Å². The standard InChI is InChI=1S/C15H18N4/c1-10-15(12-6-4-5-7-13(12)17-10)14-8-11(9-16-2)18-19(14)3/h4-8,16-17H,9H2,1-3H3. The monoisotopic (exact) mass is 254 g/mol. The van der Waals surface area contributed by atoms with E-state index in [1.54, 1.807) is 0 Å². The molecule has 0 fully saturated rings. The maximum absolute atomic E-state index is 4.54. The summed E-state index contributed by atoms with van der Waals surface area (Å²) >= 11 is 0. The lowest BCUT2D eigenvalue weighted by Gasteiger charge is -2.01. The molecule has 2 aromatic heterocycles. The summed E-state index contributed by atoms with van der Waals surface area (Å²) in [6.45, 7) is 2.90. The smallest absolute Gasteiger partial charge is 0.0768 e. The van der Waals surface area contributed by atoms with Crippen LogP contribution in [0.3, 0.4) is 0 Å². The second-order valence-electron chi connectivity index (χ2n) is 4.85. The summed E-state index contributed by atoms with van der Waals surface area (Å²) in [4.78, 5) is 3.44. The number of fused-ring (bicyclic) bond motifs is 1. The SMILES string of the molecule is CNCc1cc(-c2c(C)[nH]c3ccccc23)n(C)n1. The van der Waals surface area contributed by atoms with Gasteiger partial charge in [-0.05, 0) is 26.1 Å². The first kappa shape index (κ1) is 12.0. The molecule has 0 bridgehead atoms. The number of hydrogen-bond acceptors (Lipinski definition) is 2. The van der Waals surface area contributed by atoms with Gasteiger partial charge in [0.15, 0.2) is 0 Å². The molecule has 0 atom stereocenters. The Morgan fingerprint density at radius 1 is 1.32 bits per heavy atom. The second kappa shape index (κ2) is 4.55. The maximum Gasteiger partial charge on any atom is 0.0768 e. The van der Waals surface area contributed by atoms with Crippen LogP contribution in [0.25, 0.3) is 22.2 Å². The van der Waals surface area contributed by atoms with Crippen LogP contribution in [-0.2, 0) is 13.6 Å². The number of H-pyrrole nitrogens is 1. The molecule has 0 spiro atoms. The minimum absolute atomic E-state index is 0.787. The summed E-state index contributed by atoms with van der Waals surface area (Å²) in [7, 11) is 3.93. The number of aryl methyl sites for hydroxylation is 2. The number of aromatic amines is 1. The number of nitrogens with one attached hydrogen (secondary N) is 2. The van der Waals surface area contributed by atoms with Gasteiger partial charge >= 0.3 is 0 Å². The van der Waals surface area contributed by atoms with Crippen LogP contribution in [0.4, 0.5) is 0 Å². The van der Waals surface area contributed by atoms with Gasteiger partial charge in [0.1, 0.15) is 0 Å². The first-order valence-electron chi connectivity index (χ1n) is 6.46. The van der Waals surface area contributed by atoms with Crippen molar-refractivity contribution in [2.24, 2.45) is 7.05 Å². The van der Waals surface area contributed by atoms with E-state index >= 15 is 0 Å². The molecule has 1 aromatic carbocycles. The average molecular weight is 254 g/mol. The third kappa shape index (κ3) is 1.94. The first-order valence-corrected chi connectivity index (χ1v) is 6.46. The van der Waals surface area contributed by atoms with Crippen molar-refractivity contribution in [3.05, 3.63) is 41.7 Å². The van der Waals surface area contributed by atoms with E-state index in [1.807, 2.05) is 18.8 Å². The lowest BCUT2D eigenvalue weighted by Crippen LogP contribution is -2.05. The zero-order chi connectivity index (χ0) is 13.4. The molecule has 3 rings (SSSR count). The Bertz CT molecular complexity index is 721. The van der Waals surface area contributed by atoms with Gasteiger partial charge in [-0.1, -0.05) is 18.2 Å². The van der Waals surface area contributed by atoms with Crippen LogP contribution in [-0.4, -0.2) is 21.8 Å². The van der Waals surface area contributed by atoms with E-state index in [0.717, 1.165) is 17.9 Å². The van der Waals surface area contributed by atoms with E-state index in [-0.39, 0.29) is 0 Å². The molecule has 0 amide bonds. The summed E-state index contributed by atoms with van der Waals surface area (Å²) in [5, 5.41) is 8.93. The Kier molecular flexibility index (Phi) is 2.87. The molecule has 0 aliphatic rings. The Labute approximate surface area is 112 Å². The molecule has 3 aromatic rings. The van der Waals surface area contributed by atoms with Crippen LogP contribution < -0.4 is 5.32 Å². The highest BCUT2D eigenvalue weighted by Gasteiger charge is 2.14. The van der Waals surface area contributed by atoms with Crippen LogP contribution in [0.2, 0.25) is 0 Å². The van der Waals surface area contributed by atoms with Gasteiger partial charge in [-0.15, -0.1) is 0 Å². The van der Waals surface area contributed by atoms with Crippen molar-refractivity contribution in [3.63, 3.8) is 0 Å². The summed E-state index contributed by atoms with van der Waals surface area (Å²) in [6, 6.07) is 10.5. The van der Waals surface area contributed by atoms with Crippen LogP contribution >= 0.6 is 0 Å². The predicted molar refractivity (Wildman–Crippen MR) is 78.0 cm³/mol. The van der Waals surface area contributed by atoms with E-state index in [9.17, 15) is 0 Å². The van der Waals surface area contributed by atoms with Gasteiger partial charge in [-0.2, -0.15) is 5.10 Å². The molecule has 0 radical (unpaired) electrons. The molecule has 4 heteroatoms. The van der Waals surface area contributed by atoms with Crippen molar-refractivity contribution in [3.8, 4) is 11.3 Å². The van der Waals surface area contributed by atoms with Gasteiger partial charge in [0, 0.05) is 35.8 Å². The van der Waals surface area contributed by atoms with Crippen LogP contribution in [0, 0.1) is 6.92 Å². The van der Waals surface area contributed by atoms with Crippen molar-refractivity contribution >= 4 is 10.9 Å². The molecule has 0 saturated heterocycles. The summed E-state index contributed by atoms with van der Waals surface area (Å²) < 4.78 is 1.95. The average Bonchev–Trinajstić information content (AvgIpc) is 2.89. The second-order valence-corrected chi connectivity index (χ2v) is 4.85. The normalized spacial score (nSPS) is 11.3. The number of nitrogens with zero attached hydrogens (tertiary/aromatic N) is 2. The molecule has 98 valence electrons. The van der Waals surface area contributed by atoms with E-state index in [1.165, 1.54) is 22.2 Å². The lowest BCUT2D eigenvalue weighted by molar-refractivity contribution is 0.716. The molecule has 2 N–H and O–H groups in total. The van der Waals surface area contributed by atoms with Gasteiger partial charge in [-0.3, -0.25) is 4.68 Å². The Morgan fingerprint density at radius 3 is 2.89 bits per heavy atom. The molecule has 19 heavy (non-hydrogen) atoms. The molecule has 4 nitrogen and oxygen atoms in total. The number of rotatable bonds is 3. The van der Waals surface area contributed by atoms with E-state index < -0.39 is 0 Å². The van der Waals surface area contributed by atoms with Gasteiger partial charge in [0.05, 0.1) is 11.4 Å². The molecule has 0 aliphatic heterocycles. The van der Waals surface area contributed by atoms with Crippen molar-refractivity contribution in [2.45, 2.75) is 13.5 Å². The molecule has 0 unspecified atom stereocenters. The summed E-state index contributed by atoms with van der Waals surface area (Å²) in [5.41, 5.74) is 5.81. The predicted octanol–water partition coefficient (Wildman–Crippen LogP) is 2.60. The van der Waals surface area contributed by atoms with Crippen molar-refractivity contribution in [1.82, 2.24) is 20.1 Å². The number of aromatic nitrogens is 3. The summed E-state index contributed by atoms with van der Waals surface area (Å²) in [5.74, 6) is 0. The minimum Gasteiger partial charge on any atom is -0.358 e. The number of para-hydroxylation sites is 1. The third-order valence-corrected chi connectivity index (χ3v) is 3.44. The fourth-order valence-electron chi connectivity index (χ4n) is 2.63. The van der Waals surface area contributed by atoms with Gasteiger partial charge < -0.3 is 10.3 Å². The highest BCUT2D eigenvalue weighted by Crippen LogP contribution is 2.32. The Hall–Kier alpha value is -2.07. The van der Waals surface area contributed by atoms with Crippen LogP contribution in [0.5, 0.6) is 0 Å². The highest BCUT2D eigenvalue weighted by atomic mass is 15.3. The largest absolute Gasteiger partial charge is 0.358 e.